The summed E-state index contributed by atoms with van der Waals surface area (Å²) in [6.45, 7) is 2.47. The van der Waals surface area contributed by atoms with Crippen LogP contribution in [0.5, 0.6) is 0 Å². The highest BCUT2D eigenvalue weighted by Gasteiger charge is 2.41. The second-order valence-corrected chi connectivity index (χ2v) is 6.69. The maximum atomic E-state index is 12.7. The monoisotopic (exact) mass is 373 g/mol. The highest BCUT2D eigenvalue weighted by molar-refractivity contribution is 6.30. The topological polar surface area (TPSA) is 93.2 Å². The third-order valence-corrected chi connectivity index (χ3v) is 4.88. The quantitative estimate of drug-likeness (QED) is 0.802. The molecule has 2 aliphatic rings. The summed E-state index contributed by atoms with van der Waals surface area (Å²) in [4.78, 5) is 39.7. The SMILES string of the molecule is CCCn1c2c(c(=O)[nH]c1=O)[C@H](c1ccc(Cl)cc1)C1=C(COC1=O)N2. The highest BCUT2D eigenvalue weighted by Crippen LogP contribution is 2.42. The van der Waals surface area contributed by atoms with E-state index in [9.17, 15) is 14.4 Å². The second kappa shape index (κ2) is 6.17. The van der Waals surface area contributed by atoms with Crippen LogP contribution < -0.4 is 16.6 Å². The van der Waals surface area contributed by atoms with Gasteiger partial charge in [0, 0.05) is 11.6 Å². The summed E-state index contributed by atoms with van der Waals surface area (Å²) in [7, 11) is 0. The molecule has 2 aliphatic heterocycles. The molecule has 0 spiro atoms. The third-order valence-electron chi connectivity index (χ3n) is 4.63. The molecule has 0 radical (unpaired) electrons. The molecule has 26 heavy (non-hydrogen) atoms. The number of H-pyrrole nitrogens is 1. The van der Waals surface area contributed by atoms with Gasteiger partial charge in [-0.1, -0.05) is 30.7 Å². The average Bonchev–Trinajstić information content (AvgIpc) is 2.98. The summed E-state index contributed by atoms with van der Waals surface area (Å²) in [6, 6.07) is 6.95. The van der Waals surface area contributed by atoms with E-state index in [4.69, 9.17) is 16.3 Å². The molecule has 8 heteroatoms. The van der Waals surface area contributed by atoms with Crippen molar-refractivity contribution in [2.75, 3.05) is 11.9 Å². The van der Waals surface area contributed by atoms with Gasteiger partial charge in [-0.25, -0.2) is 9.59 Å². The summed E-state index contributed by atoms with van der Waals surface area (Å²) < 4.78 is 6.67. The number of carbonyl (C=O) groups is 1. The van der Waals surface area contributed by atoms with Crippen molar-refractivity contribution in [3.63, 3.8) is 0 Å². The number of aromatic amines is 1. The fourth-order valence-electron chi connectivity index (χ4n) is 3.51. The molecule has 7 nitrogen and oxygen atoms in total. The predicted molar refractivity (Wildman–Crippen MR) is 96.5 cm³/mol. The predicted octanol–water partition coefficient (Wildman–Crippen LogP) is 1.97. The maximum absolute atomic E-state index is 12.7. The van der Waals surface area contributed by atoms with Gasteiger partial charge in [0.1, 0.15) is 12.4 Å². The number of aromatic nitrogens is 2. The van der Waals surface area contributed by atoms with Gasteiger partial charge in [0.05, 0.1) is 22.8 Å². The van der Waals surface area contributed by atoms with Crippen LogP contribution >= 0.6 is 11.6 Å². The maximum Gasteiger partial charge on any atom is 0.337 e. The molecule has 4 rings (SSSR count). The first kappa shape index (κ1) is 16.7. The molecule has 2 aromatic rings. The Hall–Kier alpha value is -2.80. The molecule has 1 aromatic heterocycles. The largest absolute Gasteiger partial charge is 0.456 e. The van der Waals surface area contributed by atoms with Crippen LogP contribution in [0.3, 0.4) is 0 Å². The van der Waals surface area contributed by atoms with Crippen LogP contribution in [0, 0.1) is 0 Å². The normalized spacial score (nSPS) is 18.2. The molecule has 1 aromatic carbocycles. The standard InChI is InChI=1S/C18H16ClN3O4/c1-2-7-22-15-14(16(23)21-18(22)25)12(9-3-5-10(19)6-4-9)13-11(20-15)8-26-17(13)24/h3-6,12,20H,2,7-8H2,1H3,(H,21,23,25)/t12-/m1/s1. The van der Waals surface area contributed by atoms with E-state index in [0.717, 1.165) is 5.56 Å². The summed E-state index contributed by atoms with van der Waals surface area (Å²) in [5.41, 5.74) is 1.04. The van der Waals surface area contributed by atoms with Crippen LogP contribution in [-0.4, -0.2) is 22.1 Å². The zero-order valence-electron chi connectivity index (χ0n) is 14.0. The van der Waals surface area contributed by atoms with Crippen molar-refractivity contribution in [3.8, 4) is 0 Å². The molecule has 2 N–H and O–H groups in total. The summed E-state index contributed by atoms with van der Waals surface area (Å²) >= 11 is 5.98. The smallest absolute Gasteiger partial charge is 0.337 e. The molecular weight excluding hydrogens is 358 g/mol. The lowest BCUT2D eigenvalue weighted by atomic mass is 9.83. The molecule has 0 saturated heterocycles. The third kappa shape index (κ3) is 2.47. The number of benzene rings is 1. The number of hydrogen-bond donors (Lipinski definition) is 2. The Balaban J connectivity index is 2.02. The number of rotatable bonds is 3. The molecule has 0 aliphatic carbocycles. The van der Waals surface area contributed by atoms with Crippen molar-refractivity contribution in [1.82, 2.24) is 9.55 Å². The van der Waals surface area contributed by atoms with Crippen molar-refractivity contribution in [1.29, 1.82) is 0 Å². The van der Waals surface area contributed by atoms with E-state index >= 15 is 0 Å². The fourth-order valence-corrected chi connectivity index (χ4v) is 3.64. The van der Waals surface area contributed by atoms with Crippen molar-refractivity contribution in [2.45, 2.75) is 25.8 Å². The Labute approximate surface area is 153 Å². The zero-order chi connectivity index (χ0) is 18.4. The number of fused-ring (bicyclic) bond motifs is 1. The van der Waals surface area contributed by atoms with Crippen LogP contribution in [0.25, 0.3) is 0 Å². The van der Waals surface area contributed by atoms with E-state index in [-0.39, 0.29) is 6.61 Å². The highest BCUT2D eigenvalue weighted by atomic mass is 35.5. The summed E-state index contributed by atoms with van der Waals surface area (Å²) in [6.07, 6.45) is 0.715. The minimum absolute atomic E-state index is 0.0881. The number of cyclic esters (lactones) is 1. The molecular formula is C18H16ClN3O4. The van der Waals surface area contributed by atoms with Gasteiger partial charge < -0.3 is 10.1 Å². The first-order chi connectivity index (χ1) is 12.5. The molecule has 1 atom stereocenters. The van der Waals surface area contributed by atoms with E-state index < -0.39 is 23.1 Å². The Morgan fingerprint density at radius 2 is 1.96 bits per heavy atom. The van der Waals surface area contributed by atoms with E-state index in [1.54, 1.807) is 24.3 Å². The van der Waals surface area contributed by atoms with Crippen molar-refractivity contribution in [2.24, 2.45) is 0 Å². The number of halogens is 1. The Bertz CT molecular complexity index is 1050. The molecule has 0 unspecified atom stereocenters. The van der Waals surface area contributed by atoms with Crippen LogP contribution in [0.15, 0.2) is 45.1 Å². The van der Waals surface area contributed by atoms with Gasteiger partial charge in [0.2, 0.25) is 0 Å². The second-order valence-electron chi connectivity index (χ2n) is 6.25. The van der Waals surface area contributed by atoms with Crippen LogP contribution in [0.1, 0.15) is 30.4 Å². The Morgan fingerprint density at radius 1 is 1.23 bits per heavy atom. The first-order valence-corrected chi connectivity index (χ1v) is 8.68. The molecule has 0 fully saturated rings. The number of ether oxygens (including phenoxy) is 1. The van der Waals surface area contributed by atoms with E-state index in [1.807, 2.05) is 6.92 Å². The number of nitrogens with one attached hydrogen (secondary N) is 2. The lowest BCUT2D eigenvalue weighted by Gasteiger charge is -2.28. The van der Waals surface area contributed by atoms with Gasteiger partial charge in [-0.3, -0.25) is 14.3 Å². The number of esters is 1. The minimum atomic E-state index is -0.624. The van der Waals surface area contributed by atoms with Crippen LogP contribution in [0.4, 0.5) is 5.82 Å². The van der Waals surface area contributed by atoms with E-state index in [2.05, 4.69) is 10.3 Å². The average molecular weight is 374 g/mol. The molecule has 134 valence electrons. The van der Waals surface area contributed by atoms with Gasteiger partial charge in [-0.05, 0) is 24.1 Å². The first-order valence-electron chi connectivity index (χ1n) is 8.31. The lowest BCUT2D eigenvalue weighted by Crippen LogP contribution is -2.38. The number of hydrogen-bond acceptors (Lipinski definition) is 5. The lowest BCUT2D eigenvalue weighted by molar-refractivity contribution is -0.136. The van der Waals surface area contributed by atoms with Gasteiger partial charge >= 0.3 is 11.7 Å². The molecule has 0 amide bonds. The Morgan fingerprint density at radius 3 is 2.65 bits per heavy atom. The summed E-state index contributed by atoms with van der Waals surface area (Å²) in [5.74, 6) is -0.677. The van der Waals surface area contributed by atoms with Crippen molar-refractivity contribution >= 4 is 23.4 Å². The zero-order valence-corrected chi connectivity index (χ0v) is 14.7. The molecule has 3 heterocycles. The number of nitrogens with zero attached hydrogens (tertiary/aromatic N) is 1. The van der Waals surface area contributed by atoms with Crippen LogP contribution in [-0.2, 0) is 16.1 Å². The number of anilines is 1. The van der Waals surface area contributed by atoms with Gasteiger partial charge in [-0.2, -0.15) is 0 Å². The fraction of sp³-hybridized carbons (Fsp3) is 0.278. The molecule has 0 bridgehead atoms. The van der Waals surface area contributed by atoms with Crippen molar-refractivity contribution < 1.29 is 9.53 Å². The van der Waals surface area contributed by atoms with Gasteiger partial charge in [0.15, 0.2) is 0 Å². The van der Waals surface area contributed by atoms with Gasteiger partial charge in [-0.15, -0.1) is 0 Å². The van der Waals surface area contributed by atoms with Crippen LogP contribution in [0.2, 0.25) is 5.02 Å². The Kier molecular flexibility index (Phi) is 3.96. The minimum Gasteiger partial charge on any atom is -0.456 e. The number of carbonyl (C=O) groups excluding carboxylic acids is 1. The van der Waals surface area contributed by atoms with E-state index in [0.29, 0.717) is 40.6 Å². The van der Waals surface area contributed by atoms with E-state index in [1.165, 1.54) is 4.57 Å². The molecule has 0 saturated carbocycles. The summed E-state index contributed by atoms with van der Waals surface area (Å²) in [5, 5.41) is 3.64. The van der Waals surface area contributed by atoms with Gasteiger partial charge in [0.25, 0.3) is 5.56 Å². The van der Waals surface area contributed by atoms with Crippen molar-refractivity contribution in [3.05, 3.63) is 72.5 Å².